The second-order valence-electron chi connectivity index (χ2n) is 2.94. The predicted octanol–water partition coefficient (Wildman–Crippen LogP) is 1.67. The maximum atomic E-state index is 10.2. The Morgan fingerprint density at radius 1 is 1.20 bits per heavy atom. The number of nitrogens with zero attached hydrogens (tertiary/aromatic N) is 1. The first kappa shape index (κ1) is 9.22. The minimum absolute atomic E-state index is 0.469. The Morgan fingerprint density at radius 3 is 2.80 bits per heavy atom. The summed E-state index contributed by atoms with van der Waals surface area (Å²) in [5.41, 5.74) is 1.28. The van der Waals surface area contributed by atoms with E-state index in [1.54, 1.807) is 6.07 Å². The summed E-state index contributed by atoms with van der Waals surface area (Å²) < 4.78 is 0. The third-order valence-corrected chi connectivity index (χ3v) is 1.90. The van der Waals surface area contributed by atoms with E-state index >= 15 is 0 Å². The van der Waals surface area contributed by atoms with Gasteiger partial charge >= 0.3 is 5.97 Å². The number of para-hydroxylation sites is 1. The Balaban J connectivity index is 2.49. The van der Waals surface area contributed by atoms with Gasteiger partial charge in [0.2, 0.25) is 0 Å². The zero-order valence-corrected chi connectivity index (χ0v) is 7.77. The first-order valence-electron chi connectivity index (χ1n) is 4.36. The first-order valence-corrected chi connectivity index (χ1v) is 4.36. The first-order chi connectivity index (χ1) is 7.25. The van der Waals surface area contributed by atoms with E-state index in [0.717, 1.165) is 10.9 Å². The monoisotopic (exact) mass is 197 g/mol. The number of pyridine rings is 1. The number of carboxylic acid groups (broad SMARTS) is 1. The third kappa shape index (κ3) is 2.12. The van der Waals surface area contributed by atoms with Crippen LogP contribution in [0.25, 0.3) is 10.9 Å². The summed E-state index contributed by atoms with van der Waals surface area (Å²) in [6.45, 7) is 0. The topological polar surface area (TPSA) is 50.2 Å². The van der Waals surface area contributed by atoms with Gasteiger partial charge in [-0.05, 0) is 18.1 Å². The standard InChI is InChI=1S/C12H7NO2/c14-12(15)8-7-10-6-5-9-3-1-2-4-11(9)13-10/h1-6H,(H,14,15). The number of benzene rings is 1. The van der Waals surface area contributed by atoms with E-state index in [2.05, 4.69) is 10.9 Å². The summed E-state index contributed by atoms with van der Waals surface area (Å²) in [7, 11) is 0. The molecule has 3 nitrogen and oxygen atoms in total. The molecule has 0 unspecified atom stereocenters. The normalized spacial score (nSPS) is 9.33. The van der Waals surface area contributed by atoms with Crippen molar-refractivity contribution >= 4 is 16.9 Å². The molecule has 0 spiro atoms. The molecule has 15 heavy (non-hydrogen) atoms. The molecule has 0 fully saturated rings. The summed E-state index contributed by atoms with van der Waals surface area (Å²) in [5, 5.41) is 9.40. The Hall–Kier alpha value is -2.34. The van der Waals surface area contributed by atoms with E-state index in [-0.39, 0.29) is 0 Å². The molecule has 0 saturated carbocycles. The molecule has 2 aromatic rings. The van der Waals surface area contributed by atoms with Crippen LogP contribution < -0.4 is 0 Å². The number of hydrogen-bond donors (Lipinski definition) is 1. The lowest BCUT2D eigenvalue weighted by Gasteiger charge is -1.95. The van der Waals surface area contributed by atoms with E-state index in [4.69, 9.17) is 5.11 Å². The highest BCUT2D eigenvalue weighted by Gasteiger charge is 1.94. The van der Waals surface area contributed by atoms with Crippen molar-refractivity contribution in [2.45, 2.75) is 0 Å². The fraction of sp³-hybridized carbons (Fsp3) is 0. The van der Waals surface area contributed by atoms with Crippen molar-refractivity contribution in [2.75, 3.05) is 0 Å². The average molecular weight is 197 g/mol. The molecule has 1 N–H and O–H groups in total. The van der Waals surface area contributed by atoms with Gasteiger partial charge in [0.25, 0.3) is 0 Å². The zero-order chi connectivity index (χ0) is 10.7. The van der Waals surface area contributed by atoms with Gasteiger partial charge < -0.3 is 5.11 Å². The van der Waals surface area contributed by atoms with Crippen LogP contribution in [0.5, 0.6) is 0 Å². The summed E-state index contributed by atoms with van der Waals surface area (Å²) in [5.74, 6) is 3.36. The molecule has 1 aromatic carbocycles. The largest absolute Gasteiger partial charge is 0.472 e. The van der Waals surface area contributed by atoms with Crippen molar-refractivity contribution in [1.29, 1.82) is 0 Å². The van der Waals surface area contributed by atoms with E-state index < -0.39 is 5.97 Å². The quantitative estimate of drug-likeness (QED) is 0.653. The highest BCUT2D eigenvalue weighted by Crippen LogP contribution is 2.10. The molecule has 3 heteroatoms. The average Bonchev–Trinajstić information content (AvgIpc) is 2.26. The molecule has 0 bridgehead atoms. The number of carbonyl (C=O) groups is 1. The van der Waals surface area contributed by atoms with Crippen molar-refractivity contribution < 1.29 is 9.90 Å². The Kier molecular flexibility index (Phi) is 2.34. The van der Waals surface area contributed by atoms with Crippen LogP contribution in [0.4, 0.5) is 0 Å². The van der Waals surface area contributed by atoms with Crippen molar-refractivity contribution in [1.82, 2.24) is 4.98 Å². The summed E-state index contributed by atoms with van der Waals surface area (Å²) in [6.07, 6.45) is 0. The van der Waals surface area contributed by atoms with Crippen LogP contribution in [0.3, 0.4) is 0 Å². The van der Waals surface area contributed by atoms with Crippen LogP contribution in [0, 0.1) is 11.8 Å². The van der Waals surface area contributed by atoms with E-state index in [0.29, 0.717) is 5.69 Å². The smallest absolute Gasteiger partial charge is 0.382 e. The Morgan fingerprint density at radius 2 is 2.00 bits per heavy atom. The van der Waals surface area contributed by atoms with Crippen LogP contribution in [0.1, 0.15) is 5.69 Å². The van der Waals surface area contributed by atoms with E-state index in [1.165, 1.54) is 0 Å². The van der Waals surface area contributed by atoms with Gasteiger partial charge in [-0.15, -0.1) is 0 Å². The fourth-order valence-corrected chi connectivity index (χ4v) is 1.25. The van der Waals surface area contributed by atoms with Gasteiger partial charge in [-0.25, -0.2) is 9.78 Å². The van der Waals surface area contributed by atoms with Gasteiger partial charge in [0.15, 0.2) is 0 Å². The number of aliphatic carboxylic acids is 1. The minimum atomic E-state index is -1.15. The highest BCUT2D eigenvalue weighted by molar-refractivity contribution is 5.87. The molecule has 0 aliphatic rings. The van der Waals surface area contributed by atoms with E-state index in [1.807, 2.05) is 36.3 Å². The van der Waals surface area contributed by atoms with Crippen molar-refractivity contribution in [2.24, 2.45) is 0 Å². The molecule has 72 valence electrons. The van der Waals surface area contributed by atoms with Crippen molar-refractivity contribution in [3.8, 4) is 11.8 Å². The van der Waals surface area contributed by atoms with Crippen molar-refractivity contribution in [3.63, 3.8) is 0 Å². The lowest BCUT2D eigenvalue weighted by Crippen LogP contribution is -1.89. The van der Waals surface area contributed by atoms with E-state index in [9.17, 15) is 4.79 Å². The van der Waals surface area contributed by atoms with Crippen LogP contribution in [0.2, 0.25) is 0 Å². The number of fused-ring (bicyclic) bond motifs is 1. The summed E-state index contributed by atoms with van der Waals surface area (Å²) in [6, 6.07) is 11.2. The molecule has 0 aliphatic carbocycles. The molecule has 1 aromatic heterocycles. The maximum Gasteiger partial charge on any atom is 0.382 e. The van der Waals surface area contributed by atoms with Crippen LogP contribution >= 0.6 is 0 Å². The van der Waals surface area contributed by atoms with Gasteiger partial charge in [0, 0.05) is 11.3 Å². The van der Waals surface area contributed by atoms with Gasteiger partial charge in [-0.1, -0.05) is 24.3 Å². The van der Waals surface area contributed by atoms with Gasteiger partial charge in [-0.2, -0.15) is 0 Å². The van der Waals surface area contributed by atoms with Crippen LogP contribution in [-0.2, 0) is 4.79 Å². The maximum absolute atomic E-state index is 10.2. The van der Waals surface area contributed by atoms with Crippen LogP contribution in [0.15, 0.2) is 36.4 Å². The number of aromatic nitrogens is 1. The molecular weight excluding hydrogens is 190 g/mol. The third-order valence-electron chi connectivity index (χ3n) is 1.90. The minimum Gasteiger partial charge on any atom is -0.472 e. The SMILES string of the molecule is O=C(O)C#Cc1ccc2ccccc2n1. The molecule has 2 rings (SSSR count). The molecule has 0 saturated heterocycles. The predicted molar refractivity (Wildman–Crippen MR) is 56.3 cm³/mol. The lowest BCUT2D eigenvalue weighted by atomic mass is 10.2. The summed E-state index contributed by atoms with van der Waals surface area (Å²) in [4.78, 5) is 14.4. The second kappa shape index (κ2) is 3.81. The Bertz CT molecular complexity index is 579. The summed E-state index contributed by atoms with van der Waals surface area (Å²) >= 11 is 0. The molecule has 1 heterocycles. The Labute approximate surface area is 86.4 Å². The second-order valence-corrected chi connectivity index (χ2v) is 2.94. The van der Waals surface area contributed by atoms with Gasteiger partial charge in [0.05, 0.1) is 5.52 Å². The number of carboxylic acids is 1. The number of rotatable bonds is 0. The lowest BCUT2D eigenvalue weighted by molar-refractivity contribution is -0.130. The van der Waals surface area contributed by atoms with Gasteiger partial charge in [0.1, 0.15) is 5.69 Å². The van der Waals surface area contributed by atoms with Crippen molar-refractivity contribution in [3.05, 3.63) is 42.1 Å². The fourth-order valence-electron chi connectivity index (χ4n) is 1.25. The molecule has 0 atom stereocenters. The molecular formula is C12H7NO2. The van der Waals surface area contributed by atoms with Gasteiger partial charge in [-0.3, -0.25) is 0 Å². The zero-order valence-electron chi connectivity index (χ0n) is 7.77. The molecule has 0 radical (unpaired) electrons. The highest BCUT2D eigenvalue weighted by atomic mass is 16.4. The van der Waals surface area contributed by atoms with Crippen LogP contribution in [-0.4, -0.2) is 16.1 Å². The number of hydrogen-bond acceptors (Lipinski definition) is 2. The molecule has 0 aliphatic heterocycles. The molecule has 0 amide bonds.